The van der Waals surface area contributed by atoms with Crippen LogP contribution in [0.4, 0.5) is 11.5 Å². The van der Waals surface area contributed by atoms with Gasteiger partial charge in [-0.2, -0.15) is 0 Å². The topological polar surface area (TPSA) is 83.6 Å². The van der Waals surface area contributed by atoms with Crippen LogP contribution in [0.3, 0.4) is 0 Å². The molecule has 3 rings (SSSR count). The highest BCUT2D eigenvalue weighted by atomic mass is 35.5. The number of rotatable bonds is 6. The van der Waals surface area contributed by atoms with Crippen molar-refractivity contribution in [3.8, 4) is 5.75 Å². The minimum Gasteiger partial charge on any atom is -0.482 e. The Labute approximate surface area is 160 Å². The highest BCUT2D eigenvalue weighted by Gasteiger charge is 2.26. The molecule has 0 fully saturated rings. The third-order valence-corrected chi connectivity index (χ3v) is 4.15. The van der Waals surface area contributed by atoms with E-state index >= 15 is 0 Å². The van der Waals surface area contributed by atoms with E-state index < -0.39 is 0 Å². The van der Waals surface area contributed by atoms with Crippen molar-refractivity contribution in [1.82, 2.24) is 10.3 Å². The van der Waals surface area contributed by atoms with Crippen molar-refractivity contribution in [2.75, 3.05) is 36.5 Å². The second-order valence-electron chi connectivity index (χ2n) is 5.50. The van der Waals surface area contributed by atoms with Gasteiger partial charge in [0, 0.05) is 19.3 Å². The van der Waals surface area contributed by atoms with Gasteiger partial charge in [-0.05, 0) is 18.2 Å². The number of hydrogen-bond acceptors (Lipinski definition) is 5. The molecule has 1 aliphatic rings. The van der Waals surface area contributed by atoms with Crippen molar-refractivity contribution >= 4 is 46.5 Å². The summed E-state index contributed by atoms with van der Waals surface area (Å²) in [5, 5.41) is 6.61. The van der Waals surface area contributed by atoms with Crippen LogP contribution in [0.5, 0.6) is 5.75 Å². The number of ether oxygens (including phenoxy) is 1. The number of anilines is 2. The molecule has 0 aliphatic carbocycles. The molecule has 0 radical (unpaired) electrons. The first-order chi connectivity index (χ1) is 12.5. The lowest BCUT2D eigenvalue weighted by Gasteiger charge is -2.28. The Morgan fingerprint density at radius 2 is 2.08 bits per heavy atom. The van der Waals surface area contributed by atoms with Crippen LogP contribution in [0.25, 0.3) is 0 Å². The SMILES string of the molecule is O=C(CN1C(=O)COc2ccccc21)NCCNc1ncc(Cl)cc1Cl. The largest absolute Gasteiger partial charge is 0.482 e. The smallest absolute Gasteiger partial charge is 0.265 e. The lowest BCUT2D eigenvalue weighted by Crippen LogP contribution is -2.45. The van der Waals surface area contributed by atoms with Gasteiger partial charge in [0.15, 0.2) is 6.61 Å². The van der Waals surface area contributed by atoms with Crippen molar-refractivity contribution in [3.63, 3.8) is 0 Å². The van der Waals surface area contributed by atoms with Crippen molar-refractivity contribution in [2.24, 2.45) is 0 Å². The van der Waals surface area contributed by atoms with E-state index in [1.165, 1.54) is 11.1 Å². The lowest BCUT2D eigenvalue weighted by atomic mass is 10.2. The molecule has 0 saturated carbocycles. The molecule has 0 spiro atoms. The van der Waals surface area contributed by atoms with E-state index in [1.54, 1.807) is 24.3 Å². The molecule has 2 aromatic rings. The van der Waals surface area contributed by atoms with E-state index in [4.69, 9.17) is 27.9 Å². The summed E-state index contributed by atoms with van der Waals surface area (Å²) in [6.45, 7) is 0.624. The van der Waals surface area contributed by atoms with Gasteiger partial charge in [0.2, 0.25) is 5.91 Å². The molecule has 1 aliphatic heterocycles. The predicted octanol–water partition coefficient (Wildman–Crippen LogP) is 2.34. The fraction of sp³-hybridized carbons (Fsp3) is 0.235. The fourth-order valence-corrected chi connectivity index (χ4v) is 2.90. The maximum atomic E-state index is 12.2. The number of benzene rings is 1. The second kappa shape index (κ2) is 8.25. The van der Waals surface area contributed by atoms with Crippen molar-refractivity contribution in [3.05, 3.63) is 46.6 Å². The molecule has 2 amide bonds. The molecule has 1 aromatic heterocycles. The van der Waals surface area contributed by atoms with Gasteiger partial charge in [-0.15, -0.1) is 0 Å². The van der Waals surface area contributed by atoms with Crippen molar-refractivity contribution in [1.29, 1.82) is 0 Å². The summed E-state index contributed by atoms with van der Waals surface area (Å²) in [4.78, 5) is 29.7. The minimum absolute atomic E-state index is 0.0703. The van der Waals surface area contributed by atoms with Gasteiger partial charge >= 0.3 is 0 Å². The fourth-order valence-electron chi connectivity index (χ4n) is 2.45. The Morgan fingerprint density at radius 1 is 1.27 bits per heavy atom. The molecule has 2 heterocycles. The van der Waals surface area contributed by atoms with Gasteiger partial charge < -0.3 is 15.4 Å². The van der Waals surface area contributed by atoms with Gasteiger partial charge in [-0.1, -0.05) is 35.3 Å². The van der Waals surface area contributed by atoms with Gasteiger partial charge in [0.05, 0.1) is 15.7 Å². The standard InChI is InChI=1S/C17H16Cl2N4O3/c18-11-7-12(19)17(22-8-11)21-6-5-20-15(24)9-23-13-3-1-2-4-14(13)26-10-16(23)25/h1-4,7-8H,5-6,9-10H2,(H,20,24)(H,21,22). The Hall–Kier alpha value is -2.51. The van der Waals surface area contributed by atoms with Crippen LogP contribution in [0, 0.1) is 0 Å². The van der Waals surface area contributed by atoms with Crippen LogP contribution < -0.4 is 20.3 Å². The molecule has 26 heavy (non-hydrogen) atoms. The molecule has 9 heteroatoms. The summed E-state index contributed by atoms with van der Waals surface area (Å²) in [5.41, 5.74) is 0.592. The maximum absolute atomic E-state index is 12.2. The van der Waals surface area contributed by atoms with Crippen LogP contribution in [0.1, 0.15) is 0 Å². The molecule has 0 bridgehead atoms. The number of nitrogens with one attached hydrogen (secondary N) is 2. The molecule has 0 saturated heterocycles. The summed E-state index contributed by atoms with van der Waals surface area (Å²) >= 11 is 11.8. The monoisotopic (exact) mass is 394 g/mol. The third-order valence-electron chi connectivity index (χ3n) is 3.66. The van der Waals surface area contributed by atoms with Crippen molar-refractivity contribution < 1.29 is 14.3 Å². The zero-order valence-electron chi connectivity index (χ0n) is 13.7. The van der Waals surface area contributed by atoms with Crippen LogP contribution in [-0.2, 0) is 9.59 Å². The number of carbonyl (C=O) groups is 2. The quantitative estimate of drug-likeness (QED) is 0.734. The Bertz CT molecular complexity index is 831. The summed E-state index contributed by atoms with van der Waals surface area (Å²) in [7, 11) is 0. The number of hydrogen-bond donors (Lipinski definition) is 2. The summed E-state index contributed by atoms with van der Waals surface area (Å²) in [5.74, 6) is 0.550. The highest BCUT2D eigenvalue weighted by molar-refractivity contribution is 6.35. The van der Waals surface area contributed by atoms with E-state index in [2.05, 4.69) is 15.6 Å². The maximum Gasteiger partial charge on any atom is 0.265 e. The van der Waals surface area contributed by atoms with Crippen LogP contribution >= 0.6 is 23.2 Å². The first kappa shape index (κ1) is 18.3. The Kier molecular flexibility index (Phi) is 5.80. The number of fused-ring (bicyclic) bond motifs is 1. The summed E-state index contributed by atoms with van der Waals surface area (Å²) in [6, 6.07) is 8.69. The van der Waals surface area contributed by atoms with E-state index in [9.17, 15) is 9.59 Å². The molecule has 7 nitrogen and oxygen atoms in total. The molecule has 2 N–H and O–H groups in total. The zero-order valence-corrected chi connectivity index (χ0v) is 15.2. The molecule has 136 valence electrons. The third kappa shape index (κ3) is 4.36. The molecule has 0 atom stereocenters. The molecular formula is C17H16Cl2N4O3. The van der Waals surface area contributed by atoms with Crippen LogP contribution in [0.15, 0.2) is 36.5 Å². The minimum atomic E-state index is -0.271. The first-order valence-electron chi connectivity index (χ1n) is 7.88. The van der Waals surface area contributed by atoms with E-state index in [0.29, 0.717) is 40.4 Å². The van der Waals surface area contributed by atoms with Crippen molar-refractivity contribution in [2.45, 2.75) is 0 Å². The average Bonchev–Trinajstić information content (AvgIpc) is 2.62. The normalized spacial score (nSPS) is 13.0. The number of nitrogens with zero attached hydrogens (tertiary/aromatic N) is 2. The second-order valence-corrected chi connectivity index (χ2v) is 6.34. The summed E-state index contributed by atoms with van der Waals surface area (Å²) in [6.07, 6.45) is 1.48. The van der Waals surface area contributed by atoms with Gasteiger partial charge in [-0.3, -0.25) is 14.5 Å². The number of para-hydroxylation sites is 2. The zero-order chi connectivity index (χ0) is 18.5. The number of amides is 2. The van der Waals surface area contributed by atoms with Crippen LogP contribution in [0.2, 0.25) is 10.0 Å². The predicted molar refractivity (Wildman–Crippen MR) is 100 cm³/mol. The number of pyridine rings is 1. The Balaban J connectivity index is 1.49. The number of aromatic nitrogens is 1. The van der Waals surface area contributed by atoms with E-state index in [-0.39, 0.29) is 25.0 Å². The average molecular weight is 395 g/mol. The van der Waals surface area contributed by atoms with Gasteiger partial charge in [0.1, 0.15) is 18.1 Å². The molecule has 1 aromatic carbocycles. The van der Waals surface area contributed by atoms with E-state index in [1.807, 2.05) is 6.07 Å². The first-order valence-corrected chi connectivity index (χ1v) is 8.64. The lowest BCUT2D eigenvalue weighted by molar-refractivity contribution is -0.125. The van der Waals surface area contributed by atoms with Gasteiger partial charge in [-0.25, -0.2) is 4.98 Å². The number of halogens is 2. The van der Waals surface area contributed by atoms with Crippen LogP contribution in [-0.4, -0.2) is 43.0 Å². The van der Waals surface area contributed by atoms with Gasteiger partial charge in [0.25, 0.3) is 5.91 Å². The summed E-state index contributed by atoms with van der Waals surface area (Å²) < 4.78 is 5.35. The molecular weight excluding hydrogens is 379 g/mol. The highest BCUT2D eigenvalue weighted by Crippen LogP contribution is 2.31. The number of carbonyl (C=O) groups excluding carboxylic acids is 2. The molecule has 0 unspecified atom stereocenters. The Morgan fingerprint density at radius 3 is 2.88 bits per heavy atom. The van der Waals surface area contributed by atoms with E-state index in [0.717, 1.165) is 0 Å².